The Morgan fingerprint density at radius 3 is 2.78 bits per heavy atom. The van der Waals surface area contributed by atoms with E-state index < -0.39 is 0 Å². The van der Waals surface area contributed by atoms with Crippen molar-refractivity contribution in [2.45, 2.75) is 6.42 Å². The van der Waals surface area contributed by atoms with E-state index in [2.05, 4.69) is 22.0 Å². The molecule has 2 heterocycles. The van der Waals surface area contributed by atoms with E-state index in [0.29, 0.717) is 10.7 Å². The first-order valence-corrected chi connectivity index (χ1v) is 9.09. The van der Waals surface area contributed by atoms with Gasteiger partial charge < -0.3 is 5.32 Å². The molecule has 0 aliphatic carbocycles. The van der Waals surface area contributed by atoms with Crippen LogP contribution in [0.25, 0.3) is 22.2 Å². The summed E-state index contributed by atoms with van der Waals surface area (Å²) in [6.07, 6.45) is 3.56. The number of nitrogens with zero attached hydrogens (tertiary/aromatic N) is 3. The van der Waals surface area contributed by atoms with E-state index >= 15 is 0 Å². The molecule has 0 atom stereocenters. The van der Waals surface area contributed by atoms with Gasteiger partial charge in [-0.15, -0.1) is 11.3 Å². The highest BCUT2D eigenvalue weighted by Crippen LogP contribution is 2.25. The van der Waals surface area contributed by atoms with Crippen LogP contribution in [0, 0.1) is 5.82 Å². The molecule has 0 aliphatic rings. The van der Waals surface area contributed by atoms with Crippen LogP contribution in [-0.2, 0) is 4.79 Å². The van der Waals surface area contributed by atoms with Crippen molar-refractivity contribution in [3.63, 3.8) is 0 Å². The third-order valence-electron chi connectivity index (χ3n) is 4.10. The molecule has 0 fully saturated rings. The van der Waals surface area contributed by atoms with Gasteiger partial charge in [0, 0.05) is 17.0 Å². The molecule has 2 aromatic carbocycles. The predicted octanol–water partition coefficient (Wildman–Crippen LogP) is 4.66. The number of carbonyl (C=O) groups excluding carboxylic acids is 1. The minimum atomic E-state index is -0.287. The van der Waals surface area contributed by atoms with E-state index in [0.717, 1.165) is 22.2 Å². The zero-order valence-electron chi connectivity index (χ0n) is 14.2. The van der Waals surface area contributed by atoms with Crippen LogP contribution in [0.5, 0.6) is 0 Å². The second-order valence-corrected chi connectivity index (χ2v) is 6.87. The molecule has 134 valence electrons. The third-order valence-corrected chi connectivity index (χ3v) is 4.79. The average molecular weight is 378 g/mol. The molecule has 5 nitrogen and oxygen atoms in total. The molecule has 1 amide bonds. The first kappa shape index (κ1) is 17.1. The average Bonchev–Trinajstić information content (AvgIpc) is 3.31. The number of hydrogen-bond acceptors (Lipinski definition) is 4. The summed E-state index contributed by atoms with van der Waals surface area (Å²) >= 11 is 1.37. The van der Waals surface area contributed by atoms with Gasteiger partial charge in [0.2, 0.25) is 5.91 Å². The smallest absolute Gasteiger partial charge is 0.230 e. The van der Waals surface area contributed by atoms with E-state index in [1.165, 1.54) is 23.5 Å². The number of fused-ring (bicyclic) bond motifs is 1. The molecular weight excluding hydrogens is 363 g/mol. The number of anilines is 1. The maximum absolute atomic E-state index is 13.1. The van der Waals surface area contributed by atoms with Crippen LogP contribution >= 0.6 is 11.3 Å². The predicted molar refractivity (Wildman–Crippen MR) is 105 cm³/mol. The Balaban J connectivity index is 1.54. The summed E-state index contributed by atoms with van der Waals surface area (Å²) in [5.41, 5.74) is 3.25. The Morgan fingerprint density at radius 2 is 2.04 bits per heavy atom. The number of benzene rings is 2. The summed E-state index contributed by atoms with van der Waals surface area (Å²) in [6.45, 7) is 4.03. The molecule has 4 rings (SSSR count). The Morgan fingerprint density at radius 1 is 1.22 bits per heavy atom. The number of nitrogens with one attached hydrogen (secondary N) is 1. The molecule has 0 bridgehead atoms. The SMILES string of the molecule is C=C(CC(=O)Nc1nccs1)c1ccc2c(cnn2-c2ccc(F)cc2)c1. The molecule has 7 heteroatoms. The minimum Gasteiger partial charge on any atom is -0.302 e. The van der Waals surface area contributed by atoms with Crippen LogP contribution in [0.15, 0.2) is 66.8 Å². The lowest BCUT2D eigenvalue weighted by Crippen LogP contribution is -2.11. The summed E-state index contributed by atoms with van der Waals surface area (Å²) in [5.74, 6) is -0.443. The van der Waals surface area contributed by atoms with E-state index in [4.69, 9.17) is 0 Å². The van der Waals surface area contributed by atoms with Gasteiger partial charge in [-0.1, -0.05) is 12.6 Å². The lowest BCUT2D eigenvalue weighted by molar-refractivity contribution is -0.115. The van der Waals surface area contributed by atoms with Crippen LogP contribution < -0.4 is 5.32 Å². The number of aromatic nitrogens is 3. The summed E-state index contributed by atoms with van der Waals surface area (Å²) in [6, 6.07) is 11.9. The maximum Gasteiger partial charge on any atom is 0.230 e. The van der Waals surface area contributed by atoms with Crippen molar-refractivity contribution in [2.75, 3.05) is 5.32 Å². The third kappa shape index (κ3) is 3.63. The zero-order valence-corrected chi connectivity index (χ0v) is 15.0. The molecule has 4 aromatic rings. The zero-order chi connectivity index (χ0) is 18.8. The van der Waals surface area contributed by atoms with E-state index in [9.17, 15) is 9.18 Å². The topological polar surface area (TPSA) is 59.8 Å². The lowest BCUT2D eigenvalue weighted by Gasteiger charge is -2.07. The molecule has 2 aromatic heterocycles. The molecule has 0 radical (unpaired) electrons. The highest BCUT2D eigenvalue weighted by atomic mass is 32.1. The van der Waals surface area contributed by atoms with Gasteiger partial charge in [0.25, 0.3) is 0 Å². The fourth-order valence-corrected chi connectivity index (χ4v) is 3.33. The monoisotopic (exact) mass is 378 g/mol. The van der Waals surface area contributed by atoms with Crippen LogP contribution in [0.4, 0.5) is 9.52 Å². The van der Waals surface area contributed by atoms with Gasteiger partial charge >= 0.3 is 0 Å². The Bertz CT molecular complexity index is 1120. The first-order valence-electron chi connectivity index (χ1n) is 8.21. The lowest BCUT2D eigenvalue weighted by atomic mass is 10.0. The summed E-state index contributed by atoms with van der Waals surface area (Å²) < 4.78 is 14.9. The largest absolute Gasteiger partial charge is 0.302 e. The molecule has 1 N–H and O–H groups in total. The quantitative estimate of drug-likeness (QED) is 0.549. The molecule has 0 aliphatic heterocycles. The molecule has 0 saturated heterocycles. The fraction of sp³-hybridized carbons (Fsp3) is 0.0500. The maximum atomic E-state index is 13.1. The van der Waals surface area contributed by atoms with Gasteiger partial charge in [-0.25, -0.2) is 14.1 Å². The highest BCUT2D eigenvalue weighted by molar-refractivity contribution is 7.13. The van der Waals surface area contributed by atoms with E-state index in [1.54, 1.807) is 34.6 Å². The molecule has 27 heavy (non-hydrogen) atoms. The van der Waals surface area contributed by atoms with Gasteiger partial charge in [-0.05, 0) is 47.5 Å². The Hall–Kier alpha value is -3.32. The Labute approximate surface area is 158 Å². The summed E-state index contributed by atoms with van der Waals surface area (Å²) in [4.78, 5) is 16.2. The van der Waals surface area contributed by atoms with Crippen LogP contribution in [0.2, 0.25) is 0 Å². The van der Waals surface area contributed by atoms with E-state index in [1.807, 2.05) is 18.2 Å². The standard InChI is InChI=1S/C20H15FN4OS/c1-13(10-19(26)24-20-22-8-9-27-20)14-2-7-18-15(11-14)12-23-25(18)17-5-3-16(21)4-6-17/h2-9,11-12H,1,10H2,(H,22,24,26). The molecule has 0 unspecified atom stereocenters. The number of halogens is 1. The van der Waals surface area contributed by atoms with Crippen molar-refractivity contribution < 1.29 is 9.18 Å². The number of rotatable bonds is 5. The van der Waals surface area contributed by atoms with Gasteiger partial charge in [-0.2, -0.15) is 5.10 Å². The number of carbonyl (C=O) groups is 1. The normalized spacial score (nSPS) is 10.9. The number of hydrogen-bond donors (Lipinski definition) is 1. The molecule has 0 saturated carbocycles. The van der Waals surface area contributed by atoms with Gasteiger partial charge in [0.1, 0.15) is 5.82 Å². The van der Waals surface area contributed by atoms with Crippen LogP contribution in [0.3, 0.4) is 0 Å². The highest BCUT2D eigenvalue weighted by Gasteiger charge is 2.11. The second kappa shape index (κ2) is 7.13. The van der Waals surface area contributed by atoms with Crippen molar-refractivity contribution in [3.05, 3.63) is 78.2 Å². The van der Waals surface area contributed by atoms with Crippen molar-refractivity contribution in [1.82, 2.24) is 14.8 Å². The van der Waals surface area contributed by atoms with Crippen molar-refractivity contribution in [1.29, 1.82) is 0 Å². The molecular formula is C20H15FN4OS. The van der Waals surface area contributed by atoms with Gasteiger partial charge in [-0.3, -0.25) is 4.79 Å². The minimum absolute atomic E-state index is 0.156. The molecule has 0 spiro atoms. The van der Waals surface area contributed by atoms with Gasteiger partial charge in [0.15, 0.2) is 5.13 Å². The van der Waals surface area contributed by atoms with Gasteiger partial charge in [0.05, 0.1) is 23.8 Å². The second-order valence-electron chi connectivity index (χ2n) is 5.97. The summed E-state index contributed by atoms with van der Waals surface area (Å²) in [7, 11) is 0. The van der Waals surface area contributed by atoms with Crippen molar-refractivity contribution >= 4 is 38.9 Å². The fourth-order valence-electron chi connectivity index (χ4n) is 2.79. The van der Waals surface area contributed by atoms with E-state index in [-0.39, 0.29) is 18.1 Å². The first-order chi connectivity index (χ1) is 13.1. The number of thiazole rings is 1. The number of amides is 1. The van der Waals surface area contributed by atoms with Crippen molar-refractivity contribution in [2.24, 2.45) is 0 Å². The van der Waals surface area contributed by atoms with Crippen LogP contribution in [-0.4, -0.2) is 20.7 Å². The summed E-state index contributed by atoms with van der Waals surface area (Å²) in [5, 5.41) is 10.4. The van der Waals surface area contributed by atoms with Crippen LogP contribution in [0.1, 0.15) is 12.0 Å². The van der Waals surface area contributed by atoms with Crippen molar-refractivity contribution in [3.8, 4) is 5.69 Å². The Kier molecular flexibility index (Phi) is 4.52.